The third-order valence-electron chi connectivity index (χ3n) is 3.76. The fourth-order valence-electron chi connectivity index (χ4n) is 2.77. The van der Waals surface area contributed by atoms with Crippen molar-refractivity contribution in [1.82, 2.24) is 0 Å². The summed E-state index contributed by atoms with van der Waals surface area (Å²) in [7, 11) is 0. The van der Waals surface area contributed by atoms with Crippen LogP contribution in [0.1, 0.15) is 30.7 Å². The highest BCUT2D eigenvalue weighted by molar-refractivity contribution is 5.80. The molecule has 4 heteroatoms. The van der Waals surface area contributed by atoms with Crippen LogP contribution in [0, 0.1) is 11.8 Å². The fourth-order valence-corrected chi connectivity index (χ4v) is 2.77. The summed E-state index contributed by atoms with van der Waals surface area (Å²) in [4.78, 5) is 22.2. The summed E-state index contributed by atoms with van der Waals surface area (Å²) in [5.41, 5.74) is 1.10. The molecule has 2 rings (SSSR count). The second-order valence-electron chi connectivity index (χ2n) is 4.81. The zero-order valence-electron chi connectivity index (χ0n) is 9.95. The van der Waals surface area contributed by atoms with Crippen LogP contribution in [0.3, 0.4) is 0 Å². The summed E-state index contributed by atoms with van der Waals surface area (Å²) in [5.74, 6) is -3.36. The summed E-state index contributed by atoms with van der Waals surface area (Å²) in [5, 5.41) is 18.2. The van der Waals surface area contributed by atoms with E-state index in [0.29, 0.717) is 12.8 Å². The van der Waals surface area contributed by atoms with Crippen molar-refractivity contribution < 1.29 is 19.8 Å². The Morgan fingerprint density at radius 1 is 0.944 bits per heavy atom. The zero-order valence-corrected chi connectivity index (χ0v) is 9.95. The lowest BCUT2D eigenvalue weighted by atomic mass is 9.72. The van der Waals surface area contributed by atoms with E-state index in [1.807, 2.05) is 30.3 Å². The molecule has 0 aliphatic heterocycles. The van der Waals surface area contributed by atoms with Gasteiger partial charge in [-0.15, -0.1) is 0 Å². The van der Waals surface area contributed by atoms with Crippen LogP contribution in [-0.4, -0.2) is 22.2 Å². The molecule has 4 nitrogen and oxygen atoms in total. The van der Waals surface area contributed by atoms with Crippen molar-refractivity contribution in [3.8, 4) is 0 Å². The van der Waals surface area contributed by atoms with Gasteiger partial charge < -0.3 is 10.2 Å². The van der Waals surface area contributed by atoms with Crippen molar-refractivity contribution in [3.63, 3.8) is 0 Å². The molecule has 18 heavy (non-hydrogen) atoms. The van der Waals surface area contributed by atoms with Crippen LogP contribution in [0.2, 0.25) is 0 Å². The van der Waals surface area contributed by atoms with Crippen molar-refractivity contribution in [2.75, 3.05) is 0 Å². The summed E-state index contributed by atoms with van der Waals surface area (Å²) in [6.45, 7) is 0. The predicted molar refractivity (Wildman–Crippen MR) is 65.3 cm³/mol. The Labute approximate surface area is 105 Å². The van der Waals surface area contributed by atoms with Crippen LogP contribution >= 0.6 is 0 Å². The number of hydrogen-bond acceptors (Lipinski definition) is 2. The van der Waals surface area contributed by atoms with Gasteiger partial charge in [0.25, 0.3) is 0 Å². The summed E-state index contributed by atoms with van der Waals surface area (Å²) < 4.78 is 0. The van der Waals surface area contributed by atoms with Crippen molar-refractivity contribution >= 4 is 11.9 Å². The first-order valence-electron chi connectivity index (χ1n) is 6.10. The monoisotopic (exact) mass is 248 g/mol. The van der Waals surface area contributed by atoms with Crippen molar-refractivity contribution in [2.24, 2.45) is 11.8 Å². The molecule has 0 aromatic heterocycles. The Kier molecular flexibility index (Phi) is 3.65. The minimum atomic E-state index is -0.997. The van der Waals surface area contributed by atoms with E-state index in [1.165, 1.54) is 0 Å². The lowest BCUT2D eigenvalue weighted by Gasteiger charge is -2.31. The Balaban J connectivity index is 2.16. The van der Waals surface area contributed by atoms with Gasteiger partial charge >= 0.3 is 11.9 Å². The van der Waals surface area contributed by atoms with E-state index >= 15 is 0 Å². The van der Waals surface area contributed by atoms with Gasteiger partial charge in [0.15, 0.2) is 0 Å². The van der Waals surface area contributed by atoms with Crippen molar-refractivity contribution in [3.05, 3.63) is 35.9 Å². The smallest absolute Gasteiger partial charge is 0.307 e. The van der Waals surface area contributed by atoms with Gasteiger partial charge in [0.05, 0.1) is 11.8 Å². The maximum Gasteiger partial charge on any atom is 0.307 e. The lowest BCUT2D eigenvalue weighted by molar-refractivity contribution is -0.155. The molecule has 3 atom stereocenters. The molecule has 1 fully saturated rings. The molecule has 0 radical (unpaired) electrons. The molecule has 0 unspecified atom stereocenters. The molecule has 1 aromatic rings. The highest BCUT2D eigenvalue weighted by Gasteiger charge is 2.39. The van der Waals surface area contributed by atoms with E-state index in [4.69, 9.17) is 10.2 Å². The SMILES string of the molecule is O=C(O)[C@@H]1CC[C@@H](c2ccccc2)C[C@H]1C(=O)O. The zero-order chi connectivity index (χ0) is 13.1. The Bertz CT molecular complexity index is 440. The van der Waals surface area contributed by atoms with Crippen LogP contribution in [0.15, 0.2) is 30.3 Å². The minimum Gasteiger partial charge on any atom is -0.481 e. The molecule has 0 spiro atoms. The van der Waals surface area contributed by atoms with E-state index < -0.39 is 23.8 Å². The quantitative estimate of drug-likeness (QED) is 0.861. The molecule has 0 amide bonds. The second kappa shape index (κ2) is 5.21. The average Bonchev–Trinajstić information content (AvgIpc) is 2.39. The van der Waals surface area contributed by atoms with E-state index in [2.05, 4.69) is 0 Å². The first-order valence-corrected chi connectivity index (χ1v) is 6.10. The fraction of sp³-hybridized carbons (Fsp3) is 0.429. The number of rotatable bonds is 3. The van der Waals surface area contributed by atoms with E-state index in [1.54, 1.807) is 0 Å². The number of benzene rings is 1. The van der Waals surface area contributed by atoms with Gasteiger partial charge in [-0.2, -0.15) is 0 Å². The lowest BCUT2D eigenvalue weighted by Crippen LogP contribution is -2.35. The van der Waals surface area contributed by atoms with Crippen LogP contribution in [0.5, 0.6) is 0 Å². The molecular weight excluding hydrogens is 232 g/mol. The van der Waals surface area contributed by atoms with Gasteiger partial charge in [0.2, 0.25) is 0 Å². The molecule has 0 saturated heterocycles. The van der Waals surface area contributed by atoms with Gasteiger partial charge in [0, 0.05) is 0 Å². The van der Waals surface area contributed by atoms with Crippen molar-refractivity contribution in [2.45, 2.75) is 25.2 Å². The molecule has 2 N–H and O–H groups in total. The number of carboxylic acids is 2. The molecule has 1 aliphatic rings. The van der Waals surface area contributed by atoms with Crippen LogP contribution < -0.4 is 0 Å². The third-order valence-corrected chi connectivity index (χ3v) is 3.76. The molecule has 96 valence electrons. The van der Waals surface area contributed by atoms with Crippen LogP contribution in [0.4, 0.5) is 0 Å². The second-order valence-corrected chi connectivity index (χ2v) is 4.81. The van der Waals surface area contributed by atoms with Gasteiger partial charge in [-0.1, -0.05) is 30.3 Å². The minimum absolute atomic E-state index is 0.155. The van der Waals surface area contributed by atoms with Crippen molar-refractivity contribution in [1.29, 1.82) is 0 Å². The highest BCUT2D eigenvalue weighted by Crippen LogP contribution is 2.39. The molecule has 1 aliphatic carbocycles. The first kappa shape index (κ1) is 12.6. The molecular formula is C14H16O4. The largest absolute Gasteiger partial charge is 0.481 e. The maximum absolute atomic E-state index is 11.2. The predicted octanol–water partition coefficient (Wildman–Crippen LogP) is 2.36. The Morgan fingerprint density at radius 3 is 2.11 bits per heavy atom. The maximum atomic E-state index is 11.2. The first-order chi connectivity index (χ1) is 8.59. The average molecular weight is 248 g/mol. The van der Waals surface area contributed by atoms with Gasteiger partial charge in [-0.05, 0) is 30.7 Å². The normalized spacial score (nSPS) is 27.7. The van der Waals surface area contributed by atoms with Crippen LogP contribution in [0.25, 0.3) is 0 Å². The molecule has 1 saturated carbocycles. The van der Waals surface area contributed by atoms with E-state index in [-0.39, 0.29) is 5.92 Å². The standard InChI is InChI=1S/C14H16O4/c15-13(16)11-7-6-10(8-12(11)14(17)18)9-4-2-1-3-5-9/h1-5,10-12H,6-8H2,(H,15,16)(H,17,18)/t10-,11-,12-/m1/s1. The third kappa shape index (κ3) is 2.53. The van der Waals surface area contributed by atoms with Crippen LogP contribution in [-0.2, 0) is 9.59 Å². The number of aliphatic carboxylic acids is 2. The van der Waals surface area contributed by atoms with Gasteiger partial charge in [-0.25, -0.2) is 0 Å². The number of hydrogen-bond donors (Lipinski definition) is 2. The topological polar surface area (TPSA) is 74.6 Å². The number of carboxylic acid groups (broad SMARTS) is 2. The Hall–Kier alpha value is -1.84. The molecule has 0 bridgehead atoms. The molecule has 1 aromatic carbocycles. The van der Waals surface area contributed by atoms with E-state index in [0.717, 1.165) is 12.0 Å². The molecule has 0 heterocycles. The summed E-state index contributed by atoms with van der Waals surface area (Å²) in [6, 6.07) is 9.72. The Morgan fingerprint density at radius 2 is 1.56 bits per heavy atom. The van der Waals surface area contributed by atoms with Gasteiger partial charge in [-0.3, -0.25) is 9.59 Å². The number of carbonyl (C=O) groups is 2. The summed E-state index contributed by atoms with van der Waals surface area (Å²) >= 11 is 0. The van der Waals surface area contributed by atoms with E-state index in [9.17, 15) is 9.59 Å². The summed E-state index contributed by atoms with van der Waals surface area (Å²) in [6.07, 6.45) is 1.59. The highest BCUT2D eigenvalue weighted by atomic mass is 16.4. The van der Waals surface area contributed by atoms with Gasteiger partial charge in [0.1, 0.15) is 0 Å².